The van der Waals surface area contributed by atoms with Gasteiger partial charge in [-0.1, -0.05) is 96.6 Å². The van der Waals surface area contributed by atoms with Crippen LogP contribution in [0.4, 0.5) is 0 Å². The van der Waals surface area contributed by atoms with Crippen LogP contribution in [0, 0.1) is 0 Å². The second-order valence-corrected chi connectivity index (χ2v) is 16.5. The molecule has 0 N–H and O–H groups in total. The summed E-state index contributed by atoms with van der Waals surface area (Å²) in [5.41, 5.74) is 0. The Hall–Kier alpha value is -0.506. The van der Waals surface area contributed by atoms with Crippen LogP contribution < -0.4 is 5.19 Å². The molecule has 1 aromatic carbocycles. The van der Waals surface area contributed by atoms with Crippen LogP contribution in [0.15, 0.2) is 30.3 Å². The monoisotopic (exact) mass is 494 g/mol. The standard InChI is InChI=1S/C27H54N2O2Si2/c1-8-28(9-2)33(29(10-3)11-4,27-23-19-18-20-24-27)26-22-17-15-14-16-21-25-32(7,30-12-5)31-13-6/h18-20,23-24H,8-17,21-22,25-26H2,1-7H3. The first-order valence-corrected chi connectivity index (χ1v) is 18.4. The molecule has 192 valence electrons. The van der Waals surface area contributed by atoms with E-state index in [1.165, 1.54) is 44.6 Å². The van der Waals surface area contributed by atoms with Crippen molar-refractivity contribution in [1.29, 1.82) is 0 Å². The molecule has 0 amide bonds. The predicted octanol–water partition coefficient (Wildman–Crippen LogP) is 6.51. The number of benzene rings is 1. The molecule has 0 aliphatic rings. The van der Waals surface area contributed by atoms with Crippen molar-refractivity contribution in [3.05, 3.63) is 30.3 Å². The van der Waals surface area contributed by atoms with Gasteiger partial charge in [0.1, 0.15) is 0 Å². The van der Waals surface area contributed by atoms with Gasteiger partial charge in [-0.15, -0.1) is 0 Å². The number of rotatable bonds is 20. The molecule has 0 aliphatic heterocycles. The molecule has 0 aromatic heterocycles. The third-order valence-electron chi connectivity index (χ3n) is 7.11. The molecule has 0 heterocycles. The van der Waals surface area contributed by atoms with E-state index >= 15 is 0 Å². The van der Waals surface area contributed by atoms with Crippen LogP contribution in [-0.2, 0) is 8.85 Å². The molecule has 0 fully saturated rings. The number of unbranched alkanes of at least 4 members (excludes halogenated alkanes) is 5. The minimum absolute atomic E-state index is 0.773. The van der Waals surface area contributed by atoms with Gasteiger partial charge in [-0.3, -0.25) is 0 Å². The van der Waals surface area contributed by atoms with Crippen LogP contribution in [0.1, 0.15) is 80.1 Å². The lowest BCUT2D eigenvalue weighted by Crippen LogP contribution is -2.72. The van der Waals surface area contributed by atoms with Crippen LogP contribution in [0.25, 0.3) is 0 Å². The van der Waals surface area contributed by atoms with Gasteiger partial charge in [-0.05, 0) is 63.8 Å². The van der Waals surface area contributed by atoms with Gasteiger partial charge in [0.25, 0.3) is 0 Å². The predicted molar refractivity (Wildman–Crippen MR) is 150 cm³/mol. The Kier molecular flexibility index (Phi) is 15.7. The summed E-state index contributed by atoms with van der Waals surface area (Å²) < 4.78 is 17.6. The van der Waals surface area contributed by atoms with Crippen LogP contribution in [-0.4, -0.2) is 65.5 Å². The molecule has 0 aliphatic carbocycles. The fraction of sp³-hybridized carbons (Fsp3) is 0.778. The summed E-state index contributed by atoms with van der Waals surface area (Å²) in [5, 5.41) is 1.59. The molecule has 0 unspecified atom stereocenters. The van der Waals surface area contributed by atoms with E-state index in [4.69, 9.17) is 8.85 Å². The van der Waals surface area contributed by atoms with Gasteiger partial charge < -0.3 is 18.0 Å². The number of hydrogen-bond acceptors (Lipinski definition) is 4. The smallest absolute Gasteiger partial charge is 0.334 e. The van der Waals surface area contributed by atoms with E-state index in [9.17, 15) is 0 Å². The van der Waals surface area contributed by atoms with Crippen molar-refractivity contribution >= 4 is 22.1 Å². The molecule has 0 radical (unpaired) electrons. The fourth-order valence-electron chi connectivity index (χ4n) is 5.55. The summed E-state index contributed by atoms with van der Waals surface area (Å²) in [6.45, 7) is 21.9. The quantitative estimate of drug-likeness (QED) is 0.152. The number of nitrogens with zero attached hydrogens (tertiary/aromatic N) is 2. The Morgan fingerprint density at radius 2 is 1.03 bits per heavy atom. The highest BCUT2D eigenvalue weighted by Gasteiger charge is 2.44. The van der Waals surface area contributed by atoms with Gasteiger partial charge >= 0.3 is 8.56 Å². The molecule has 0 saturated heterocycles. The molecule has 6 heteroatoms. The Bertz CT molecular complexity index is 577. The van der Waals surface area contributed by atoms with E-state index in [1.54, 1.807) is 5.19 Å². The summed E-state index contributed by atoms with van der Waals surface area (Å²) >= 11 is 0. The van der Waals surface area contributed by atoms with Crippen molar-refractivity contribution in [3.63, 3.8) is 0 Å². The average Bonchev–Trinajstić information content (AvgIpc) is 2.82. The van der Waals surface area contributed by atoms with Crippen molar-refractivity contribution in [2.45, 2.75) is 98.7 Å². The van der Waals surface area contributed by atoms with Crippen molar-refractivity contribution < 1.29 is 8.85 Å². The average molecular weight is 495 g/mol. The summed E-state index contributed by atoms with van der Waals surface area (Å²) in [5.74, 6) is 0. The Balaban J connectivity index is 2.68. The lowest BCUT2D eigenvalue weighted by molar-refractivity contribution is 0.188. The molecule has 0 atom stereocenters. The van der Waals surface area contributed by atoms with Gasteiger partial charge in [0.15, 0.2) is 0 Å². The van der Waals surface area contributed by atoms with Crippen molar-refractivity contribution in [1.82, 2.24) is 9.13 Å². The van der Waals surface area contributed by atoms with Crippen LogP contribution in [0.2, 0.25) is 18.6 Å². The van der Waals surface area contributed by atoms with Crippen LogP contribution in [0.5, 0.6) is 0 Å². The first kappa shape index (κ1) is 30.5. The number of hydrogen-bond donors (Lipinski definition) is 0. The molecule has 1 aromatic rings. The van der Waals surface area contributed by atoms with Crippen LogP contribution >= 0.6 is 0 Å². The van der Waals surface area contributed by atoms with Gasteiger partial charge in [0.05, 0.1) is 0 Å². The minimum atomic E-state index is -1.93. The normalized spacial score (nSPS) is 12.8. The maximum absolute atomic E-state index is 5.99. The molecular formula is C27H54N2O2Si2. The lowest BCUT2D eigenvalue weighted by atomic mass is 10.1. The van der Waals surface area contributed by atoms with E-state index in [-0.39, 0.29) is 0 Å². The highest BCUT2D eigenvalue weighted by Crippen LogP contribution is 2.25. The Labute approximate surface area is 208 Å². The second kappa shape index (κ2) is 17.0. The van der Waals surface area contributed by atoms with Gasteiger partial charge in [-0.25, -0.2) is 0 Å². The Morgan fingerprint density at radius 1 is 0.606 bits per heavy atom. The van der Waals surface area contributed by atoms with Crippen molar-refractivity contribution in [2.75, 3.05) is 39.4 Å². The zero-order valence-corrected chi connectivity index (χ0v) is 25.0. The van der Waals surface area contributed by atoms with E-state index in [2.05, 4.69) is 87.6 Å². The molecule has 4 nitrogen and oxygen atoms in total. The molecule has 1 rings (SSSR count). The van der Waals surface area contributed by atoms with Gasteiger partial charge in [-0.2, -0.15) is 0 Å². The zero-order chi connectivity index (χ0) is 24.6. The zero-order valence-electron chi connectivity index (χ0n) is 23.0. The highest BCUT2D eigenvalue weighted by atomic mass is 28.4. The topological polar surface area (TPSA) is 24.9 Å². The third kappa shape index (κ3) is 9.23. The van der Waals surface area contributed by atoms with E-state index < -0.39 is 17.0 Å². The van der Waals surface area contributed by atoms with Gasteiger partial charge in [0.2, 0.25) is 8.40 Å². The lowest BCUT2D eigenvalue weighted by Gasteiger charge is -2.48. The maximum atomic E-state index is 5.99. The minimum Gasteiger partial charge on any atom is -0.395 e. The van der Waals surface area contributed by atoms with E-state index in [1.807, 2.05) is 0 Å². The van der Waals surface area contributed by atoms with Crippen molar-refractivity contribution in [3.8, 4) is 0 Å². The fourth-order valence-corrected chi connectivity index (χ4v) is 13.6. The summed E-state index contributed by atoms with van der Waals surface area (Å²) in [4.78, 5) is 0. The molecular weight excluding hydrogens is 440 g/mol. The molecule has 33 heavy (non-hydrogen) atoms. The summed E-state index contributed by atoms with van der Waals surface area (Å²) in [6, 6.07) is 13.9. The molecule has 0 saturated carbocycles. The summed E-state index contributed by atoms with van der Waals surface area (Å²) in [6.07, 6.45) is 7.89. The highest BCUT2D eigenvalue weighted by molar-refractivity contribution is 6.87. The Morgan fingerprint density at radius 3 is 1.45 bits per heavy atom. The second-order valence-electron chi connectivity index (χ2n) is 9.15. The molecule has 0 bridgehead atoms. The van der Waals surface area contributed by atoms with E-state index in [0.29, 0.717) is 0 Å². The maximum Gasteiger partial charge on any atom is 0.334 e. The van der Waals surface area contributed by atoms with Crippen molar-refractivity contribution in [2.24, 2.45) is 0 Å². The first-order valence-electron chi connectivity index (χ1n) is 13.8. The van der Waals surface area contributed by atoms with Crippen LogP contribution in [0.3, 0.4) is 0 Å². The first-order chi connectivity index (χ1) is 16.0. The summed E-state index contributed by atoms with van der Waals surface area (Å²) in [7, 11) is -3.84. The largest absolute Gasteiger partial charge is 0.395 e. The van der Waals surface area contributed by atoms with Gasteiger partial charge in [0, 0.05) is 13.2 Å². The third-order valence-corrected chi connectivity index (χ3v) is 15.8. The molecule has 0 spiro atoms. The van der Waals surface area contributed by atoms with E-state index in [0.717, 1.165) is 45.4 Å². The SMILES string of the molecule is CCO[Si](C)(CCCCCCCC[Si](c1ccccc1)(N(CC)CC)N(CC)CC)OCC.